The van der Waals surface area contributed by atoms with Gasteiger partial charge in [0, 0.05) is 31.0 Å². The Kier molecular flexibility index (Phi) is 6.90. The van der Waals surface area contributed by atoms with Crippen molar-refractivity contribution in [3.05, 3.63) is 27.3 Å². The van der Waals surface area contributed by atoms with E-state index in [1.165, 1.54) is 0 Å². The van der Waals surface area contributed by atoms with Gasteiger partial charge in [-0.2, -0.15) is 5.10 Å². The summed E-state index contributed by atoms with van der Waals surface area (Å²) in [7, 11) is -1.09. The summed E-state index contributed by atoms with van der Waals surface area (Å²) in [4.78, 5) is 0. The fraction of sp³-hybridized carbons (Fsp3) is 0.471. The van der Waals surface area contributed by atoms with Gasteiger partial charge in [-0.15, -0.1) is 0 Å². The van der Waals surface area contributed by atoms with Gasteiger partial charge in [-0.05, 0) is 28.0 Å². The van der Waals surface area contributed by atoms with Crippen molar-refractivity contribution in [1.29, 1.82) is 0 Å². The molecule has 1 N–H and O–H groups in total. The molecule has 0 fully saturated rings. The van der Waals surface area contributed by atoms with E-state index >= 15 is 0 Å². The zero-order valence-corrected chi connectivity index (χ0v) is 17.5. The van der Waals surface area contributed by atoms with Crippen LogP contribution in [0.25, 0.3) is 10.9 Å². The Morgan fingerprint density at radius 3 is 2.83 bits per heavy atom. The van der Waals surface area contributed by atoms with Crippen molar-refractivity contribution in [3.63, 3.8) is 0 Å². The first-order chi connectivity index (χ1) is 11.3. The second-order valence-electron chi connectivity index (χ2n) is 6.75. The highest BCUT2D eigenvalue weighted by atomic mass is 79.9. The number of nitrogens with zero attached hydrogens (tertiary/aromatic N) is 2. The minimum absolute atomic E-state index is 0.0389. The number of fused-ring (bicyclic) bond motifs is 1. The first kappa shape index (κ1) is 19.5. The lowest BCUT2D eigenvalue weighted by Crippen LogP contribution is -2.22. The van der Waals surface area contributed by atoms with Crippen LogP contribution in [-0.4, -0.2) is 36.2 Å². The molecule has 0 aliphatic rings. The zero-order chi connectivity index (χ0) is 17.7. The van der Waals surface area contributed by atoms with Gasteiger partial charge in [0.15, 0.2) is 0 Å². The van der Waals surface area contributed by atoms with E-state index in [1.807, 2.05) is 6.07 Å². The van der Waals surface area contributed by atoms with Crippen LogP contribution in [0.2, 0.25) is 30.7 Å². The molecule has 130 valence electrons. The molecule has 0 spiro atoms. The van der Waals surface area contributed by atoms with Crippen LogP contribution in [0.4, 0.5) is 0 Å². The predicted octanol–water partition coefficient (Wildman–Crippen LogP) is 4.50. The molecule has 0 saturated heterocycles. The third kappa shape index (κ3) is 5.07. The first-order valence-electron chi connectivity index (χ1n) is 7.84. The standard InChI is InChI=1S/C17H22BrClN2O2Si/c1-24(2,3)9-8-23-12-21-16-10-15(19)13(6-4-5-7-22)17(18)14(16)11-20-21/h10-11,22H,5,7-9,12H2,1-3H3. The van der Waals surface area contributed by atoms with Gasteiger partial charge in [-0.3, -0.25) is 0 Å². The topological polar surface area (TPSA) is 47.3 Å². The summed E-state index contributed by atoms with van der Waals surface area (Å²) in [6.45, 7) is 8.18. The average Bonchev–Trinajstić information content (AvgIpc) is 2.89. The van der Waals surface area contributed by atoms with Crippen molar-refractivity contribution < 1.29 is 9.84 Å². The maximum absolute atomic E-state index is 8.84. The highest BCUT2D eigenvalue weighted by Gasteiger charge is 2.14. The van der Waals surface area contributed by atoms with E-state index < -0.39 is 8.07 Å². The number of ether oxygens (including phenoxy) is 1. The molecule has 4 nitrogen and oxygen atoms in total. The minimum atomic E-state index is -1.09. The van der Waals surface area contributed by atoms with Gasteiger partial charge in [0.1, 0.15) is 6.73 Å². The number of halogens is 2. The molecule has 7 heteroatoms. The normalized spacial score (nSPS) is 11.6. The maximum atomic E-state index is 8.84. The Bertz CT molecular complexity index is 775. The van der Waals surface area contributed by atoms with Crippen LogP contribution < -0.4 is 0 Å². The SMILES string of the molecule is C[Si](C)(C)CCOCn1ncc2c(Br)c(C#CCCO)c(Cl)cc21. The number of aromatic nitrogens is 2. The van der Waals surface area contributed by atoms with E-state index in [-0.39, 0.29) is 6.61 Å². The molecular weight excluding hydrogens is 408 g/mol. The van der Waals surface area contributed by atoms with E-state index in [9.17, 15) is 0 Å². The summed E-state index contributed by atoms with van der Waals surface area (Å²) < 4.78 is 8.40. The molecule has 1 heterocycles. The van der Waals surface area contributed by atoms with Crippen molar-refractivity contribution in [2.45, 2.75) is 38.8 Å². The minimum Gasteiger partial charge on any atom is -0.395 e. The molecule has 1 aromatic carbocycles. The number of hydrogen-bond acceptors (Lipinski definition) is 3. The van der Waals surface area contributed by atoms with Crippen LogP contribution in [0.5, 0.6) is 0 Å². The van der Waals surface area contributed by atoms with Gasteiger partial charge in [-0.25, -0.2) is 4.68 Å². The molecule has 24 heavy (non-hydrogen) atoms. The summed E-state index contributed by atoms with van der Waals surface area (Å²) in [6.07, 6.45) is 2.21. The molecule has 0 aliphatic carbocycles. The fourth-order valence-corrected chi connectivity index (χ4v) is 3.84. The first-order valence-corrected chi connectivity index (χ1v) is 12.7. The Morgan fingerprint density at radius 2 is 2.17 bits per heavy atom. The van der Waals surface area contributed by atoms with Gasteiger partial charge in [0.05, 0.1) is 28.9 Å². The van der Waals surface area contributed by atoms with Crippen molar-refractivity contribution in [3.8, 4) is 11.8 Å². The maximum Gasteiger partial charge on any atom is 0.139 e. The lowest BCUT2D eigenvalue weighted by molar-refractivity contribution is 0.0817. The Labute approximate surface area is 157 Å². The molecule has 0 atom stereocenters. The van der Waals surface area contributed by atoms with Crippen molar-refractivity contribution in [2.75, 3.05) is 13.2 Å². The summed E-state index contributed by atoms with van der Waals surface area (Å²) in [5, 5.41) is 14.7. The van der Waals surface area contributed by atoms with Crippen LogP contribution in [0.3, 0.4) is 0 Å². The molecule has 0 unspecified atom stereocenters. The largest absolute Gasteiger partial charge is 0.395 e. The smallest absolute Gasteiger partial charge is 0.139 e. The summed E-state index contributed by atoms with van der Waals surface area (Å²) in [6, 6.07) is 2.99. The molecule has 1 aromatic heterocycles. The highest BCUT2D eigenvalue weighted by Crippen LogP contribution is 2.33. The molecule has 0 aliphatic heterocycles. The fourth-order valence-electron chi connectivity index (χ4n) is 2.10. The van der Waals surface area contributed by atoms with E-state index in [2.05, 4.69) is 52.5 Å². The zero-order valence-electron chi connectivity index (χ0n) is 14.2. The highest BCUT2D eigenvalue weighted by molar-refractivity contribution is 9.10. The molecule has 2 rings (SSSR count). The number of benzene rings is 1. The van der Waals surface area contributed by atoms with Crippen LogP contribution in [0, 0.1) is 11.8 Å². The van der Waals surface area contributed by atoms with Gasteiger partial charge >= 0.3 is 0 Å². The molecule has 2 aromatic rings. The summed E-state index contributed by atoms with van der Waals surface area (Å²) in [5.74, 6) is 5.90. The van der Waals surface area contributed by atoms with Gasteiger partial charge in [-0.1, -0.05) is 43.1 Å². The lowest BCUT2D eigenvalue weighted by atomic mass is 10.1. The predicted molar refractivity (Wildman–Crippen MR) is 105 cm³/mol. The number of hydrogen-bond donors (Lipinski definition) is 1. The average molecular weight is 430 g/mol. The monoisotopic (exact) mass is 428 g/mol. The van der Waals surface area contributed by atoms with Crippen LogP contribution in [0.15, 0.2) is 16.7 Å². The Morgan fingerprint density at radius 1 is 1.42 bits per heavy atom. The van der Waals surface area contributed by atoms with Gasteiger partial charge in [0.25, 0.3) is 0 Å². The number of rotatable bonds is 6. The van der Waals surface area contributed by atoms with Gasteiger partial charge < -0.3 is 9.84 Å². The molecule has 0 radical (unpaired) electrons. The molecular formula is C17H22BrClN2O2Si. The number of aliphatic hydroxyl groups excluding tert-OH is 1. The second-order valence-corrected chi connectivity index (χ2v) is 13.6. The van der Waals surface area contributed by atoms with Crippen LogP contribution in [0.1, 0.15) is 12.0 Å². The molecule has 0 bridgehead atoms. The van der Waals surface area contributed by atoms with Crippen molar-refractivity contribution >= 4 is 46.5 Å². The van der Waals surface area contributed by atoms with Crippen LogP contribution >= 0.6 is 27.5 Å². The van der Waals surface area contributed by atoms with Crippen molar-refractivity contribution in [2.24, 2.45) is 0 Å². The van der Waals surface area contributed by atoms with Crippen molar-refractivity contribution in [1.82, 2.24) is 9.78 Å². The lowest BCUT2D eigenvalue weighted by Gasteiger charge is -2.15. The number of aliphatic hydroxyl groups is 1. The quantitative estimate of drug-likeness (QED) is 0.418. The van der Waals surface area contributed by atoms with E-state index in [1.54, 1.807) is 10.9 Å². The Balaban J connectivity index is 2.19. The molecule has 0 amide bonds. The second kappa shape index (κ2) is 8.50. The summed E-state index contributed by atoms with van der Waals surface area (Å²) >= 11 is 9.93. The van der Waals surface area contributed by atoms with E-state index in [4.69, 9.17) is 21.4 Å². The Hall–Kier alpha value is -0.843. The molecule has 0 saturated carbocycles. The third-order valence-electron chi connectivity index (χ3n) is 3.50. The summed E-state index contributed by atoms with van der Waals surface area (Å²) in [5.41, 5.74) is 1.63. The van der Waals surface area contributed by atoms with E-state index in [0.717, 1.165) is 33.6 Å². The third-order valence-corrected chi connectivity index (χ3v) is 6.32. The van der Waals surface area contributed by atoms with E-state index in [0.29, 0.717) is 18.2 Å². The van der Waals surface area contributed by atoms with Crippen LogP contribution in [-0.2, 0) is 11.5 Å². The van der Waals surface area contributed by atoms with Gasteiger partial charge in [0.2, 0.25) is 0 Å².